The van der Waals surface area contributed by atoms with Crippen molar-refractivity contribution in [3.8, 4) is 0 Å². The molecule has 4 nitrogen and oxygen atoms in total. The van der Waals surface area contributed by atoms with E-state index in [-0.39, 0.29) is 22.3 Å². The van der Waals surface area contributed by atoms with Crippen molar-refractivity contribution >= 4 is 11.4 Å². The van der Waals surface area contributed by atoms with Gasteiger partial charge in [0.05, 0.1) is 11.1 Å². The molecule has 2 aromatic rings. The minimum Gasteiger partial charge on any atom is -0.506 e. The Morgan fingerprint density at radius 3 is 1.36 bits per heavy atom. The smallest absolute Gasteiger partial charge is 0.137 e. The molecule has 4 heteroatoms. The lowest BCUT2D eigenvalue weighted by molar-refractivity contribution is 0.354. The van der Waals surface area contributed by atoms with Crippen LogP contribution in [0, 0.1) is 0 Å². The topological polar surface area (TPSA) is 46.9 Å². The molecule has 2 heterocycles. The lowest BCUT2D eigenvalue weighted by Crippen LogP contribution is -2.29. The average Bonchev–Trinajstić information content (AvgIpc) is 3.20. The Kier molecular flexibility index (Phi) is 5.82. The Morgan fingerprint density at radius 2 is 1.00 bits per heavy atom. The summed E-state index contributed by atoms with van der Waals surface area (Å²) in [5, 5.41) is 22.4. The normalized spacial score (nSPS) is 21.9. The molecule has 0 bridgehead atoms. The monoisotopic (exact) mass is 482 g/mol. The third-order valence-corrected chi connectivity index (χ3v) is 8.08. The molecule has 3 aliphatic rings. The zero-order chi connectivity index (χ0) is 25.8. The van der Waals surface area contributed by atoms with Gasteiger partial charge in [0, 0.05) is 46.7 Å². The van der Waals surface area contributed by atoms with Crippen LogP contribution in [0.25, 0.3) is 0 Å². The van der Waals surface area contributed by atoms with Gasteiger partial charge in [0.1, 0.15) is 11.5 Å². The predicted octanol–water partition coefficient (Wildman–Crippen LogP) is 7.81. The van der Waals surface area contributed by atoms with Crippen LogP contribution in [0.5, 0.6) is 0 Å². The first-order valence-corrected chi connectivity index (χ1v) is 13.2. The van der Waals surface area contributed by atoms with E-state index in [4.69, 9.17) is 0 Å². The van der Waals surface area contributed by atoms with Gasteiger partial charge in [0.2, 0.25) is 0 Å². The summed E-state index contributed by atoms with van der Waals surface area (Å²) < 4.78 is 0. The lowest BCUT2D eigenvalue weighted by atomic mass is 9.80. The maximum absolute atomic E-state index is 11.2. The molecular weight excluding hydrogens is 444 g/mol. The molecule has 36 heavy (non-hydrogen) atoms. The first-order chi connectivity index (χ1) is 17.1. The standard InChI is InChI=1S/C32H38N2O2/c1-7-17-33-25-15-11-9-13-23(25)31(3,4)27(33)19-21-29(35)22(30(21)36)20-28-32(5,6)24-14-10-12-16-26(24)34(28)18-8-2/h9-16,19-20,35-36H,7-8,17-18H2,1-6H3/b27-19+,28-20+. The van der Waals surface area contributed by atoms with Crippen molar-refractivity contribution in [2.24, 2.45) is 0 Å². The minimum absolute atomic E-state index is 0.166. The fraction of sp³-hybridized carbons (Fsp3) is 0.375. The number of hydrogen-bond donors (Lipinski definition) is 2. The van der Waals surface area contributed by atoms with Gasteiger partial charge < -0.3 is 20.0 Å². The highest BCUT2D eigenvalue weighted by atomic mass is 16.3. The summed E-state index contributed by atoms with van der Waals surface area (Å²) >= 11 is 0. The molecule has 0 saturated carbocycles. The van der Waals surface area contributed by atoms with Gasteiger partial charge in [-0.05, 0) is 48.3 Å². The molecular formula is C32H38N2O2. The summed E-state index contributed by atoms with van der Waals surface area (Å²) in [6.07, 6.45) is 5.99. The van der Waals surface area contributed by atoms with Gasteiger partial charge in [0.25, 0.3) is 0 Å². The number of benzene rings is 2. The number of fused-ring (bicyclic) bond motifs is 2. The Balaban J connectivity index is 1.54. The molecule has 2 aliphatic heterocycles. The van der Waals surface area contributed by atoms with E-state index in [2.05, 4.69) is 99.9 Å². The van der Waals surface area contributed by atoms with E-state index in [9.17, 15) is 10.2 Å². The number of aliphatic hydroxyl groups excluding tert-OH is 2. The molecule has 2 aromatic carbocycles. The number of para-hydroxylation sites is 2. The van der Waals surface area contributed by atoms with Crippen LogP contribution >= 0.6 is 0 Å². The Labute approximate surface area is 215 Å². The van der Waals surface area contributed by atoms with Crippen LogP contribution in [0.2, 0.25) is 0 Å². The summed E-state index contributed by atoms with van der Waals surface area (Å²) in [7, 11) is 0. The quantitative estimate of drug-likeness (QED) is 0.441. The number of anilines is 2. The van der Waals surface area contributed by atoms with E-state index in [0.29, 0.717) is 11.1 Å². The largest absolute Gasteiger partial charge is 0.506 e. The van der Waals surface area contributed by atoms with Gasteiger partial charge in [-0.1, -0.05) is 77.9 Å². The molecule has 0 atom stereocenters. The van der Waals surface area contributed by atoms with Crippen LogP contribution in [-0.2, 0) is 10.8 Å². The van der Waals surface area contributed by atoms with E-state index in [1.807, 2.05) is 12.2 Å². The minimum atomic E-state index is -0.222. The highest BCUT2D eigenvalue weighted by Crippen LogP contribution is 2.51. The SMILES string of the molecule is CCCN1/C(=C/C2=C(O)C(/C=C3/N(CCC)c4ccccc4C3(C)C)=C2O)C(C)(C)c2ccccc21. The van der Waals surface area contributed by atoms with E-state index < -0.39 is 0 Å². The van der Waals surface area contributed by atoms with Crippen molar-refractivity contribution in [2.45, 2.75) is 65.2 Å². The van der Waals surface area contributed by atoms with Gasteiger partial charge in [-0.15, -0.1) is 0 Å². The second-order valence-electron chi connectivity index (χ2n) is 11.2. The Morgan fingerprint density at radius 1 is 0.639 bits per heavy atom. The Bertz CT molecular complexity index is 1220. The van der Waals surface area contributed by atoms with E-state index in [1.165, 1.54) is 22.5 Å². The zero-order valence-electron chi connectivity index (χ0n) is 22.4. The highest BCUT2D eigenvalue weighted by molar-refractivity contribution is 5.75. The van der Waals surface area contributed by atoms with Crippen LogP contribution in [0.15, 0.2) is 94.7 Å². The number of rotatable bonds is 6. The molecule has 0 unspecified atom stereocenters. The second kappa shape index (κ2) is 8.62. The van der Waals surface area contributed by atoms with E-state index >= 15 is 0 Å². The van der Waals surface area contributed by atoms with E-state index in [0.717, 1.165) is 37.3 Å². The molecule has 0 fully saturated rings. The summed E-state index contributed by atoms with van der Waals surface area (Å²) in [6, 6.07) is 17.0. The van der Waals surface area contributed by atoms with Gasteiger partial charge in [-0.2, -0.15) is 0 Å². The average molecular weight is 483 g/mol. The zero-order valence-corrected chi connectivity index (χ0v) is 22.4. The maximum Gasteiger partial charge on any atom is 0.137 e. The molecule has 188 valence electrons. The van der Waals surface area contributed by atoms with Crippen molar-refractivity contribution in [3.63, 3.8) is 0 Å². The predicted molar refractivity (Wildman–Crippen MR) is 150 cm³/mol. The molecule has 0 saturated heterocycles. The van der Waals surface area contributed by atoms with E-state index in [1.54, 1.807) is 0 Å². The first-order valence-electron chi connectivity index (χ1n) is 13.2. The van der Waals surface area contributed by atoms with Gasteiger partial charge in [-0.25, -0.2) is 0 Å². The van der Waals surface area contributed by atoms with Crippen molar-refractivity contribution in [1.82, 2.24) is 0 Å². The van der Waals surface area contributed by atoms with Gasteiger partial charge >= 0.3 is 0 Å². The number of allylic oxidation sites excluding steroid dienone is 4. The van der Waals surface area contributed by atoms with Crippen LogP contribution in [-0.4, -0.2) is 23.3 Å². The van der Waals surface area contributed by atoms with Crippen molar-refractivity contribution in [1.29, 1.82) is 0 Å². The molecule has 0 spiro atoms. The fourth-order valence-corrected chi connectivity index (χ4v) is 6.13. The lowest BCUT2D eigenvalue weighted by Gasteiger charge is -2.31. The summed E-state index contributed by atoms with van der Waals surface area (Å²) in [5.74, 6) is 0.331. The molecule has 1 aliphatic carbocycles. The number of nitrogens with zero attached hydrogens (tertiary/aromatic N) is 2. The molecule has 0 aromatic heterocycles. The number of aliphatic hydroxyl groups is 2. The molecule has 0 radical (unpaired) electrons. The molecule has 0 amide bonds. The third kappa shape index (κ3) is 3.42. The van der Waals surface area contributed by atoms with Crippen LogP contribution in [0.4, 0.5) is 11.4 Å². The maximum atomic E-state index is 11.2. The summed E-state index contributed by atoms with van der Waals surface area (Å²) in [4.78, 5) is 4.66. The highest BCUT2D eigenvalue weighted by Gasteiger charge is 2.43. The molecule has 5 rings (SSSR count). The van der Waals surface area contributed by atoms with Crippen molar-refractivity contribution < 1.29 is 10.2 Å². The second-order valence-corrected chi connectivity index (χ2v) is 11.2. The first kappa shape index (κ1) is 24.3. The van der Waals surface area contributed by atoms with Crippen molar-refractivity contribution in [3.05, 3.63) is 106 Å². The Hall–Kier alpha value is -3.40. The van der Waals surface area contributed by atoms with Crippen LogP contribution in [0.1, 0.15) is 65.5 Å². The molecule has 2 N–H and O–H groups in total. The third-order valence-electron chi connectivity index (χ3n) is 8.08. The van der Waals surface area contributed by atoms with Gasteiger partial charge in [0.15, 0.2) is 0 Å². The van der Waals surface area contributed by atoms with Gasteiger partial charge in [-0.3, -0.25) is 0 Å². The van der Waals surface area contributed by atoms with Crippen LogP contribution in [0.3, 0.4) is 0 Å². The van der Waals surface area contributed by atoms with Crippen molar-refractivity contribution in [2.75, 3.05) is 22.9 Å². The fourth-order valence-electron chi connectivity index (χ4n) is 6.13. The summed E-state index contributed by atoms with van der Waals surface area (Å²) in [5.41, 5.74) is 7.77. The number of hydrogen-bond acceptors (Lipinski definition) is 4. The van der Waals surface area contributed by atoms with Crippen LogP contribution < -0.4 is 9.80 Å². The summed E-state index contributed by atoms with van der Waals surface area (Å²) in [6.45, 7) is 15.0.